The van der Waals surface area contributed by atoms with Crippen molar-refractivity contribution in [2.45, 2.75) is 19.4 Å². The first-order valence-electron chi connectivity index (χ1n) is 5.57. The Balaban J connectivity index is 2.09. The van der Waals surface area contributed by atoms with Crippen molar-refractivity contribution < 1.29 is 14.7 Å². The van der Waals surface area contributed by atoms with E-state index in [9.17, 15) is 9.59 Å². The molecule has 0 radical (unpaired) electrons. The summed E-state index contributed by atoms with van der Waals surface area (Å²) in [5.74, 6) is -0.574. The van der Waals surface area contributed by atoms with E-state index in [0.29, 0.717) is 10.4 Å². The molecule has 3 N–H and O–H groups in total. The maximum absolute atomic E-state index is 11.7. The molecule has 2 unspecified atom stereocenters. The minimum atomic E-state index is -1.07. The van der Waals surface area contributed by atoms with Crippen molar-refractivity contribution in [2.75, 3.05) is 5.32 Å². The fraction of sp³-hybridized carbons (Fsp3) is 0.333. The third-order valence-corrected chi connectivity index (χ3v) is 3.38. The second kappa shape index (κ2) is 4.97. The number of anilines is 1. The molecule has 0 aliphatic heterocycles. The predicted molar refractivity (Wildman–Crippen MR) is 70.8 cm³/mol. The molecule has 1 aliphatic rings. The van der Waals surface area contributed by atoms with Crippen LogP contribution >= 0.6 is 15.9 Å². The van der Waals surface area contributed by atoms with Crippen molar-refractivity contribution in [3.63, 3.8) is 0 Å². The normalized spacial score (nSPS) is 21.2. The van der Waals surface area contributed by atoms with Gasteiger partial charge in [0.2, 0.25) is 0 Å². The Morgan fingerprint density at radius 1 is 1.44 bits per heavy atom. The van der Waals surface area contributed by atoms with Crippen molar-refractivity contribution >= 4 is 33.6 Å². The van der Waals surface area contributed by atoms with Gasteiger partial charge in [-0.05, 0) is 30.5 Å². The van der Waals surface area contributed by atoms with Crippen LogP contribution in [-0.2, 0) is 0 Å². The van der Waals surface area contributed by atoms with Crippen molar-refractivity contribution in [3.8, 4) is 0 Å². The van der Waals surface area contributed by atoms with Gasteiger partial charge in [-0.2, -0.15) is 0 Å². The number of rotatable bonds is 3. The van der Waals surface area contributed by atoms with Gasteiger partial charge in [0.15, 0.2) is 0 Å². The summed E-state index contributed by atoms with van der Waals surface area (Å²) >= 11 is 3.24. The van der Waals surface area contributed by atoms with Gasteiger partial charge in [0.1, 0.15) is 0 Å². The molecule has 2 rings (SSSR count). The topological polar surface area (TPSA) is 78.4 Å². The van der Waals surface area contributed by atoms with Gasteiger partial charge in [0.05, 0.1) is 11.3 Å². The van der Waals surface area contributed by atoms with Crippen LogP contribution in [0.5, 0.6) is 0 Å². The summed E-state index contributed by atoms with van der Waals surface area (Å²) in [5.41, 5.74) is 0.347. The maximum Gasteiger partial charge on any atom is 0.337 e. The van der Waals surface area contributed by atoms with Gasteiger partial charge in [-0.1, -0.05) is 22.9 Å². The fourth-order valence-electron chi connectivity index (χ4n) is 1.66. The highest BCUT2D eigenvalue weighted by molar-refractivity contribution is 9.10. The van der Waals surface area contributed by atoms with E-state index in [-0.39, 0.29) is 23.3 Å². The summed E-state index contributed by atoms with van der Waals surface area (Å²) in [5, 5.41) is 14.4. The summed E-state index contributed by atoms with van der Waals surface area (Å²) in [6.07, 6.45) is 0.970. The molecular weight excluding hydrogens is 300 g/mol. The Morgan fingerprint density at radius 3 is 2.67 bits per heavy atom. The van der Waals surface area contributed by atoms with Crippen LogP contribution in [-0.4, -0.2) is 23.1 Å². The minimum Gasteiger partial charge on any atom is -0.478 e. The number of carboxylic acid groups (broad SMARTS) is 1. The molecule has 1 fully saturated rings. The molecule has 5 nitrogen and oxygen atoms in total. The summed E-state index contributed by atoms with van der Waals surface area (Å²) in [6, 6.07) is 4.46. The molecular formula is C12H13BrN2O3. The van der Waals surface area contributed by atoms with Gasteiger partial charge in [-0.3, -0.25) is 0 Å². The fourth-order valence-corrected chi connectivity index (χ4v) is 2.02. The van der Waals surface area contributed by atoms with Crippen molar-refractivity contribution in [2.24, 2.45) is 5.92 Å². The average Bonchev–Trinajstić information content (AvgIpc) is 2.93. The number of aromatic carboxylic acids is 1. The summed E-state index contributed by atoms with van der Waals surface area (Å²) in [6.45, 7) is 2.05. The first-order chi connectivity index (χ1) is 8.47. The van der Waals surface area contributed by atoms with E-state index in [4.69, 9.17) is 5.11 Å². The molecule has 0 heterocycles. The van der Waals surface area contributed by atoms with Crippen LogP contribution in [0, 0.1) is 5.92 Å². The van der Waals surface area contributed by atoms with E-state index < -0.39 is 5.97 Å². The van der Waals surface area contributed by atoms with Gasteiger partial charge < -0.3 is 15.7 Å². The quantitative estimate of drug-likeness (QED) is 0.803. The third kappa shape index (κ3) is 3.01. The lowest BCUT2D eigenvalue weighted by atomic mass is 10.2. The van der Waals surface area contributed by atoms with E-state index in [0.717, 1.165) is 6.42 Å². The SMILES string of the molecule is CC1CC1NC(=O)Nc1cc(Br)ccc1C(=O)O. The molecule has 0 bridgehead atoms. The lowest BCUT2D eigenvalue weighted by molar-refractivity contribution is 0.0698. The molecule has 2 atom stereocenters. The number of carboxylic acids is 1. The van der Waals surface area contributed by atoms with E-state index in [1.807, 2.05) is 6.92 Å². The Labute approximate surface area is 113 Å². The Hall–Kier alpha value is -1.56. The maximum atomic E-state index is 11.7. The van der Waals surface area contributed by atoms with Crippen molar-refractivity contribution in [1.82, 2.24) is 5.32 Å². The largest absolute Gasteiger partial charge is 0.478 e. The molecule has 96 valence electrons. The molecule has 1 aromatic rings. The zero-order valence-corrected chi connectivity index (χ0v) is 11.3. The van der Waals surface area contributed by atoms with E-state index in [1.165, 1.54) is 6.07 Å². The summed E-state index contributed by atoms with van der Waals surface area (Å²) in [4.78, 5) is 22.7. The first kappa shape index (κ1) is 12.9. The van der Waals surface area contributed by atoms with Crippen molar-refractivity contribution in [1.29, 1.82) is 0 Å². The Bertz CT molecular complexity index is 504. The second-order valence-electron chi connectivity index (χ2n) is 4.41. The molecule has 2 amide bonds. The number of carbonyl (C=O) groups is 2. The minimum absolute atomic E-state index is 0.0668. The highest BCUT2D eigenvalue weighted by Gasteiger charge is 2.33. The summed E-state index contributed by atoms with van der Waals surface area (Å²) < 4.78 is 0.711. The van der Waals surface area contributed by atoms with Gasteiger partial charge in [-0.25, -0.2) is 9.59 Å². The number of urea groups is 1. The van der Waals surface area contributed by atoms with Crippen LogP contribution in [0.1, 0.15) is 23.7 Å². The molecule has 1 aromatic carbocycles. The van der Waals surface area contributed by atoms with E-state index in [1.54, 1.807) is 12.1 Å². The molecule has 6 heteroatoms. The van der Waals surface area contributed by atoms with Crippen molar-refractivity contribution in [3.05, 3.63) is 28.2 Å². The smallest absolute Gasteiger partial charge is 0.337 e. The number of hydrogen-bond donors (Lipinski definition) is 3. The summed E-state index contributed by atoms with van der Waals surface area (Å²) in [7, 11) is 0. The van der Waals surface area contributed by atoms with Gasteiger partial charge in [0.25, 0.3) is 0 Å². The van der Waals surface area contributed by atoms with Crippen LogP contribution in [0.25, 0.3) is 0 Å². The highest BCUT2D eigenvalue weighted by Crippen LogP contribution is 2.29. The van der Waals surface area contributed by atoms with Crippen LogP contribution in [0.15, 0.2) is 22.7 Å². The number of amides is 2. The predicted octanol–water partition coefficient (Wildman–Crippen LogP) is 2.68. The standard InChI is InChI=1S/C12H13BrN2O3/c1-6-4-9(6)14-12(18)15-10-5-7(13)2-3-8(10)11(16)17/h2-3,5-6,9H,4H2,1H3,(H,16,17)(H2,14,15,18). The van der Waals surface area contributed by atoms with Gasteiger partial charge >= 0.3 is 12.0 Å². The lowest BCUT2D eigenvalue weighted by Gasteiger charge is -2.10. The molecule has 0 saturated heterocycles. The number of benzene rings is 1. The number of halogens is 1. The van der Waals surface area contributed by atoms with Crippen LogP contribution < -0.4 is 10.6 Å². The monoisotopic (exact) mass is 312 g/mol. The zero-order valence-electron chi connectivity index (χ0n) is 9.74. The van der Waals surface area contributed by atoms with Crippen LogP contribution in [0.3, 0.4) is 0 Å². The van der Waals surface area contributed by atoms with E-state index in [2.05, 4.69) is 26.6 Å². The Kier molecular flexibility index (Phi) is 3.56. The molecule has 0 aromatic heterocycles. The zero-order chi connectivity index (χ0) is 13.3. The van der Waals surface area contributed by atoms with E-state index >= 15 is 0 Å². The number of hydrogen-bond acceptors (Lipinski definition) is 2. The molecule has 1 saturated carbocycles. The Morgan fingerprint density at radius 2 is 2.11 bits per heavy atom. The average molecular weight is 313 g/mol. The molecule has 18 heavy (non-hydrogen) atoms. The lowest BCUT2D eigenvalue weighted by Crippen LogP contribution is -2.31. The molecule has 0 spiro atoms. The molecule has 1 aliphatic carbocycles. The van der Waals surface area contributed by atoms with Crippen LogP contribution in [0.2, 0.25) is 0 Å². The number of carbonyl (C=O) groups excluding carboxylic acids is 1. The van der Waals surface area contributed by atoms with Gasteiger partial charge in [0, 0.05) is 10.5 Å². The third-order valence-electron chi connectivity index (χ3n) is 2.89. The first-order valence-corrected chi connectivity index (χ1v) is 6.37. The van der Waals surface area contributed by atoms with Crippen LogP contribution in [0.4, 0.5) is 10.5 Å². The highest BCUT2D eigenvalue weighted by atomic mass is 79.9. The number of nitrogens with one attached hydrogen (secondary N) is 2. The van der Waals surface area contributed by atoms with Gasteiger partial charge in [-0.15, -0.1) is 0 Å². The second-order valence-corrected chi connectivity index (χ2v) is 5.33.